The summed E-state index contributed by atoms with van der Waals surface area (Å²) in [5, 5.41) is 3.46. The molecule has 2 aromatic carbocycles. The normalized spacial score (nSPS) is 24.5. The molecule has 1 saturated heterocycles. The van der Waals surface area contributed by atoms with Gasteiger partial charge in [0.1, 0.15) is 0 Å². The molecule has 0 radical (unpaired) electrons. The van der Waals surface area contributed by atoms with Crippen molar-refractivity contribution in [1.82, 2.24) is 5.32 Å². The van der Waals surface area contributed by atoms with E-state index < -0.39 is 10.0 Å². The zero-order valence-corrected chi connectivity index (χ0v) is 18.4. The number of aryl methyl sites for hydroxylation is 1. The molecular weight excluding hydrogens is 392 g/mol. The number of benzene rings is 2. The van der Waals surface area contributed by atoms with Crippen molar-refractivity contribution in [3.63, 3.8) is 0 Å². The Labute approximate surface area is 180 Å². The average Bonchev–Trinajstić information content (AvgIpc) is 3.58. The van der Waals surface area contributed by atoms with Crippen molar-refractivity contribution in [3.8, 4) is 0 Å². The van der Waals surface area contributed by atoms with Gasteiger partial charge < -0.3 is 5.32 Å². The molecule has 2 atom stereocenters. The van der Waals surface area contributed by atoms with Crippen LogP contribution in [0.15, 0.2) is 53.4 Å². The van der Waals surface area contributed by atoms with Gasteiger partial charge in [0.05, 0.1) is 10.6 Å². The minimum atomic E-state index is -3.50. The van der Waals surface area contributed by atoms with Gasteiger partial charge in [-0.15, -0.1) is 0 Å². The molecule has 2 heterocycles. The van der Waals surface area contributed by atoms with Crippen molar-refractivity contribution < 1.29 is 8.42 Å². The molecule has 1 saturated carbocycles. The van der Waals surface area contributed by atoms with Gasteiger partial charge in [-0.2, -0.15) is 0 Å². The van der Waals surface area contributed by atoms with Crippen LogP contribution < -0.4 is 9.62 Å². The molecule has 0 aromatic heterocycles. The predicted molar refractivity (Wildman–Crippen MR) is 121 cm³/mol. The Bertz CT molecular complexity index is 983. The molecule has 1 aliphatic carbocycles. The molecule has 2 fully saturated rings. The van der Waals surface area contributed by atoms with Crippen molar-refractivity contribution in [2.45, 2.75) is 55.8 Å². The van der Waals surface area contributed by atoms with Crippen molar-refractivity contribution in [2.24, 2.45) is 11.8 Å². The number of hydrogen-bond acceptors (Lipinski definition) is 3. The van der Waals surface area contributed by atoms with Crippen molar-refractivity contribution in [1.29, 1.82) is 0 Å². The lowest BCUT2D eigenvalue weighted by Gasteiger charge is -2.31. The van der Waals surface area contributed by atoms with Crippen molar-refractivity contribution >= 4 is 15.7 Å². The van der Waals surface area contributed by atoms with Crippen LogP contribution in [0.1, 0.15) is 55.6 Å². The summed E-state index contributed by atoms with van der Waals surface area (Å²) in [6.45, 7) is 2.93. The van der Waals surface area contributed by atoms with Crippen LogP contribution in [-0.2, 0) is 16.4 Å². The smallest absolute Gasteiger partial charge is 0.264 e. The van der Waals surface area contributed by atoms with Gasteiger partial charge in [-0.1, -0.05) is 36.8 Å². The van der Waals surface area contributed by atoms with E-state index in [0.29, 0.717) is 17.4 Å². The zero-order chi connectivity index (χ0) is 20.6. The number of hydrogen-bond donors (Lipinski definition) is 1. The van der Waals surface area contributed by atoms with E-state index in [4.69, 9.17) is 0 Å². The third-order valence-electron chi connectivity index (χ3n) is 7.27. The highest BCUT2D eigenvalue weighted by Crippen LogP contribution is 2.51. The number of nitrogens with zero attached hydrogens (tertiary/aromatic N) is 1. The summed E-state index contributed by atoms with van der Waals surface area (Å²) in [7, 11) is -3.50. The summed E-state index contributed by atoms with van der Waals surface area (Å²) in [6.07, 6.45) is 8.54. The van der Waals surface area contributed by atoms with Gasteiger partial charge in [-0.25, -0.2) is 8.42 Å². The summed E-state index contributed by atoms with van der Waals surface area (Å²) in [6, 6.07) is 15.4. The number of rotatable bonds is 6. The Balaban J connectivity index is 1.29. The Hall–Kier alpha value is -1.85. The van der Waals surface area contributed by atoms with E-state index in [0.717, 1.165) is 30.4 Å². The number of nitrogens with one attached hydrogen (secondary N) is 1. The van der Waals surface area contributed by atoms with Crippen LogP contribution in [0.3, 0.4) is 0 Å². The lowest BCUT2D eigenvalue weighted by Crippen LogP contribution is -2.35. The first-order chi connectivity index (χ1) is 14.6. The Kier molecular flexibility index (Phi) is 5.59. The maximum Gasteiger partial charge on any atom is 0.264 e. The van der Waals surface area contributed by atoms with Gasteiger partial charge in [0.15, 0.2) is 0 Å². The van der Waals surface area contributed by atoms with E-state index in [1.165, 1.54) is 56.3 Å². The van der Waals surface area contributed by atoms with E-state index >= 15 is 0 Å². The van der Waals surface area contributed by atoms with Crippen LogP contribution in [-0.4, -0.2) is 28.1 Å². The van der Waals surface area contributed by atoms with Crippen LogP contribution >= 0.6 is 0 Å². The minimum absolute atomic E-state index is 0.377. The summed E-state index contributed by atoms with van der Waals surface area (Å²) in [4.78, 5) is 0.377. The van der Waals surface area contributed by atoms with Gasteiger partial charge in [-0.05, 0) is 98.7 Å². The van der Waals surface area contributed by atoms with Crippen LogP contribution in [0, 0.1) is 11.8 Å². The molecule has 2 aliphatic heterocycles. The first-order valence-corrected chi connectivity index (χ1v) is 13.0. The van der Waals surface area contributed by atoms with Gasteiger partial charge in [0, 0.05) is 6.54 Å². The average molecular weight is 425 g/mol. The van der Waals surface area contributed by atoms with Crippen LogP contribution in [0.5, 0.6) is 0 Å². The van der Waals surface area contributed by atoms with Gasteiger partial charge in [-0.3, -0.25) is 4.31 Å². The third-order valence-corrected chi connectivity index (χ3v) is 9.09. The van der Waals surface area contributed by atoms with Crippen LogP contribution in [0.25, 0.3) is 0 Å². The lowest BCUT2D eigenvalue weighted by molar-refractivity contribution is 0.340. The molecule has 30 heavy (non-hydrogen) atoms. The predicted octanol–water partition coefficient (Wildman–Crippen LogP) is 4.71. The molecule has 0 bridgehead atoms. The van der Waals surface area contributed by atoms with E-state index in [-0.39, 0.29) is 0 Å². The second kappa shape index (κ2) is 8.35. The summed E-state index contributed by atoms with van der Waals surface area (Å²) >= 11 is 0. The van der Waals surface area contributed by atoms with Crippen molar-refractivity contribution in [2.75, 3.05) is 23.9 Å². The first-order valence-electron chi connectivity index (χ1n) is 11.5. The fourth-order valence-corrected chi connectivity index (χ4v) is 6.94. The van der Waals surface area contributed by atoms with E-state index in [2.05, 4.69) is 23.5 Å². The molecule has 4 nitrogen and oxygen atoms in total. The highest BCUT2D eigenvalue weighted by Gasteiger charge is 2.39. The summed E-state index contributed by atoms with van der Waals surface area (Å²) in [5.41, 5.74) is 3.49. The zero-order valence-electron chi connectivity index (χ0n) is 17.6. The quantitative estimate of drug-likeness (QED) is 0.730. The third kappa shape index (κ3) is 4.02. The maximum atomic E-state index is 13.2. The Morgan fingerprint density at radius 1 is 1.00 bits per heavy atom. The first kappa shape index (κ1) is 20.1. The SMILES string of the molecule is O=S(=O)(c1ccccc1)N1CCCc2cc(C3CC3CCC3CCNCC3)ccc21. The Morgan fingerprint density at radius 2 is 1.80 bits per heavy atom. The molecule has 3 aliphatic rings. The minimum Gasteiger partial charge on any atom is -0.317 e. The second-order valence-corrected chi connectivity index (χ2v) is 11.1. The highest BCUT2D eigenvalue weighted by atomic mass is 32.2. The number of fused-ring (bicyclic) bond motifs is 1. The van der Waals surface area contributed by atoms with Crippen LogP contribution in [0.4, 0.5) is 5.69 Å². The fourth-order valence-electron chi connectivity index (χ4n) is 5.38. The van der Waals surface area contributed by atoms with Gasteiger partial charge in [0.2, 0.25) is 0 Å². The molecule has 2 unspecified atom stereocenters. The molecule has 0 spiro atoms. The molecule has 5 rings (SSSR count). The molecule has 1 N–H and O–H groups in total. The summed E-state index contributed by atoms with van der Waals surface area (Å²) < 4.78 is 28.0. The molecule has 160 valence electrons. The van der Waals surface area contributed by atoms with Crippen LogP contribution in [0.2, 0.25) is 0 Å². The Morgan fingerprint density at radius 3 is 2.60 bits per heavy atom. The van der Waals surface area contributed by atoms with Crippen molar-refractivity contribution in [3.05, 3.63) is 59.7 Å². The largest absolute Gasteiger partial charge is 0.317 e. The number of sulfonamides is 1. The summed E-state index contributed by atoms with van der Waals surface area (Å²) in [5.74, 6) is 2.41. The second-order valence-electron chi connectivity index (χ2n) is 9.25. The number of anilines is 1. The maximum absolute atomic E-state index is 13.2. The van der Waals surface area contributed by atoms with Gasteiger partial charge in [0.25, 0.3) is 10.0 Å². The molecule has 5 heteroatoms. The monoisotopic (exact) mass is 424 g/mol. The van der Waals surface area contributed by atoms with Gasteiger partial charge >= 0.3 is 0 Å². The highest BCUT2D eigenvalue weighted by molar-refractivity contribution is 7.92. The lowest BCUT2D eigenvalue weighted by atomic mass is 9.91. The fraction of sp³-hybridized carbons (Fsp3) is 0.520. The number of piperidine rings is 1. The molecule has 2 aromatic rings. The van der Waals surface area contributed by atoms with E-state index in [1.807, 2.05) is 6.07 Å². The van der Waals surface area contributed by atoms with E-state index in [9.17, 15) is 8.42 Å². The van der Waals surface area contributed by atoms with E-state index in [1.54, 1.807) is 28.6 Å². The molecule has 0 amide bonds. The standard InChI is InChI=1S/C25H32N2O2S/c28-30(29,23-6-2-1-3-7-23)27-16-4-5-22-17-20(10-11-25(22)27)24-18-21(24)9-8-19-12-14-26-15-13-19/h1-3,6-7,10-11,17,19,21,24,26H,4-5,8-9,12-16,18H2. The topological polar surface area (TPSA) is 49.4 Å². The molecular formula is C25H32N2O2S.